The minimum absolute atomic E-state index is 0.00663. The summed E-state index contributed by atoms with van der Waals surface area (Å²) in [5.41, 5.74) is 0. The first-order chi connectivity index (χ1) is 9.66. The second-order valence-electron chi connectivity index (χ2n) is 6.16. The van der Waals surface area contributed by atoms with Crippen LogP contribution in [-0.2, 0) is 9.59 Å². The standard InChI is InChI=1S/C14H23N3O3/c18-13(16-8-10(9-16)14(19)20)12-2-1-7-17(12)11-3-5-15-6-4-11/h10-12,15H,1-9H2,(H,19,20). The number of amides is 1. The Morgan fingerprint density at radius 1 is 1.10 bits per heavy atom. The van der Waals surface area contributed by atoms with E-state index in [1.165, 1.54) is 0 Å². The molecule has 3 heterocycles. The van der Waals surface area contributed by atoms with E-state index in [0.29, 0.717) is 19.1 Å². The Hall–Kier alpha value is -1.14. The molecule has 0 aromatic carbocycles. The molecule has 3 fully saturated rings. The van der Waals surface area contributed by atoms with E-state index in [2.05, 4.69) is 10.2 Å². The Morgan fingerprint density at radius 3 is 2.45 bits per heavy atom. The van der Waals surface area contributed by atoms with E-state index in [1.54, 1.807) is 4.90 Å². The number of carbonyl (C=O) groups is 2. The Labute approximate surface area is 119 Å². The number of aliphatic carboxylic acids is 1. The van der Waals surface area contributed by atoms with E-state index in [4.69, 9.17) is 5.11 Å². The largest absolute Gasteiger partial charge is 0.481 e. The SMILES string of the molecule is O=C(O)C1CN(C(=O)C2CCCN2C2CCNCC2)C1. The van der Waals surface area contributed by atoms with Crippen molar-refractivity contribution in [1.82, 2.24) is 15.1 Å². The van der Waals surface area contributed by atoms with Gasteiger partial charge >= 0.3 is 5.97 Å². The third-order valence-electron chi connectivity index (χ3n) is 4.90. The third kappa shape index (κ3) is 2.54. The lowest BCUT2D eigenvalue weighted by atomic mass is 9.98. The fraction of sp³-hybridized carbons (Fsp3) is 0.857. The monoisotopic (exact) mass is 281 g/mol. The van der Waals surface area contributed by atoms with Crippen molar-refractivity contribution in [3.8, 4) is 0 Å². The summed E-state index contributed by atoms with van der Waals surface area (Å²) in [5, 5.41) is 12.3. The molecule has 0 aromatic heterocycles. The van der Waals surface area contributed by atoms with Crippen molar-refractivity contribution in [2.24, 2.45) is 5.92 Å². The van der Waals surface area contributed by atoms with Crippen molar-refractivity contribution >= 4 is 11.9 Å². The molecule has 0 spiro atoms. The molecule has 20 heavy (non-hydrogen) atoms. The second kappa shape index (κ2) is 5.69. The Kier molecular flexibility index (Phi) is 3.94. The number of carbonyl (C=O) groups excluding carboxylic acids is 1. The van der Waals surface area contributed by atoms with Gasteiger partial charge in [0.15, 0.2) is 0 Å². The third-order valence-corrected chi connectivity index (χ3v) is 4.90. The van der Waals surface area contributed by atoms with Crippen LogP contribution < -0.4 is 5.32 Å². The molecule has 0 radical (unpaired) electrons. The number of nitrogens with zero attached hydrogens (tertiary/aromatic N) is 2. The van der Waals surface area contributed by atoms with Crippen LogP contribution in [0.2, 0.25) is 0 Å². The average molecular weight is 281 g/mol. The van der Waals surface area contributed by atoms with Gasteiger partial charge in [-0.25, -0.2) is 0 Å². The lowest BCUT2D eigenvalue weighted by Gasteiger charge is -2.42. The number of likely N-dealkylation sites (tertiary alicyclic amines) is 2. The predicted molar refractivity (Wildman–Crippen MR) is 73.3 cm³/mol. The zero-order valence-corrected chi connectivity index (χ0v) is 11.8. The summed E-state index contributed by atoms with van der Waals surface area (Å²) in [5.74, 6) is -0.984. The molecule has 3 aliphatic rings. The molecule has 0 bridgehead atoms. The molecule has 1 atom stereocenters. The van der Waals surface area contributed by atoms with Gasteiger partial charge in [-0.05, 0) is 45.3 Å². The second-order valence-corrected chi connectivity index (χ2v) is 6.16. The fourth-order valence-electron chi connectivity index (χ4n) is 3.66. The molecule has 0 aromatic rings. The number of piperidine rings is 1. The van der Waals surface area contributed by atoms with Gasteiger partial charge < -0.3 is 15.3 Å². The highest BCUT2D eigenvalue weighted by Crippen LogP contribution is 2.28. The molecule has 6 nitrogen and oxygen atoms in total. The summed E-state index contributed by atoms with van der Waals surface area (Å²) < 4.78 is 0. The fourth-order valence-corrected chi connectivity index (χ4v) is 3.66. The topological polar surface area (TPSA) is 72.9 Å². The van der Waals surface area contributed by atoms with Gasteiger partial charge in [0, 0.05) is 19.1 Å². The minimum atomic E-state index is -0.782. The van der Waals surface area contributed by atoms with Gasteiger partial charge in [-0.1, -0.05) is 0 Å². The number of rotatable bonds is 3. The molecule has 3 rings (SSSR count). The van der Waals surface area contributed by atoms with Gasteiger partial charge in [0.05, 0.1) is 12.0 Å². The van der Waals surface area contributed by atoms with Crippen molar-refractivity contribution in [2.75, 3.05) is 32.7 Å². The van der Waals surface area contributed by atoms with Crippen LogP contribution in [0.5, 0.6) is 0 Å². The molecular formula is C14H23N3O3. The highest BCUT2D eigenvalue weighted by molar-refractivity contribution is 5.85. The van der Waals surface area contributed by atoms with Crippen LogP contribution >= 0.6 is 0 Å². The Bertz CT molecular complexity index is 389. The maximum atomic E-state index is 12.5. The first kappa shape index (κ1) is 13.8. The summed E-state index contributed by atoms with van der Waals surface area (Å²) in [4.78, 5) is 27.4. The summed E-state index contributed by atoms with van der Waals surface area (Å²) in [7, 11) is 0. The number of hydrogen-bond acceptors (Lipinski definition) is 4. The number of carboxylic acid groups (broad SMARTS) is 1. The van der Waals surface area contributed by atoms with Crippen molar-refractivity contribution in [3.63, 3.8) is 0 Å². The highest BCUT2D eigenvalue weighted by atomic mass is 16.4. The zero-order chi connectivity index (χ0) is 14.1. The number of nitrogens with one attached hydrogen (secondary N) is 1. The van der Waals surface area contributed by atoms with Gasteiger partial charge in [0.25, 0.3) is 0 Å². The smallest absolute Gasteiger partial charge is 0.310 e. The Morgan fingerprint density at radius 2 is 1.80 bits per heavy atom. The summed E-state index contributed by atoms with van der Waals surface area (Å²) in [6.45, 7) is 3.87. The van der Waals surface area contributed by atoms with Crippen LogP contribution in [0.3, 0.4) is 0 Å². The molecule has 1 amide bonds. The molecular weight excluding hydrogens is 258 g/mol. The van der Waals surface area contributed by atoms with E-state index in [0.717, 1.165) is 45.3 Å². The van der Waals surface area contributed by atoms with Crippen LogP contribution in [0.25, 0.3) is 0 Å². The normalized spacial score (nSPS) is 29.4. The van der Waals surface area contributed by atoms with Crippen molar-refractivity contribution < 1.29 is 14.7 Å². The zero-order valence-electron chi connectivity index (χ0n) is 11.8. The number of carboxylic acids is 1. The average Bonchev–Trinajstić information content (AvgIpc) is 2.86. The van der Waals surface area contributed by atoms with Gasteiger partial charge in [-0.2, -0.15) is 0 Å². The number of hydrogen-bond donors (Lipinski definition) is 2. The van der Waals surface area contributed by atoms with Crippen LogP contribution in [0, 0.1) is 5.92 Å². The van der Waals surface area contributed by atoms with Crippen LogP contribution in [-0.4, -0.2) is 71.6 Å². The van der Waals surface area contributed by atoms with E-state index in [1.807, 2.05) is 0 Å². The highest BCUT2D eigenvalue weighted by Gasteiger charge is 2.42. The molecule has 3 aliphatic heterocycles. The van der Waals surface area contributed by atoms with Crippen LogP contribution in [0.1, 0.15) is 25.7 Å². The van der Waals surface area contributed by atoms with Gasteiger partial charge in [0.1, 0.15) is 0 Å². The van der Waals surface area contributed by atoms with E-state index < -0.39 is 5.97 Å². The summed E-state index contributed by atoms with van der Waals surface area (Å²) in [6.07, 6.45) is 4.23. The summed E-state index contributed by atoms with van der Waals surface area (Å²) >= 11 is 0. The van der Waals surface area contributed by atoms with E-state index in [9.17, 15) is 9.59 Å². The van der Waals surface area contributed by atoms with Gasteiger partial charge in [-0.3, -0.25) is 14.5 Å². The lowest BCUT2D eigenvalue weighted by Crippen LogP contribution is -2.59. The maximum Gasteiger partial charge on any atom is 0.310 e. The van der Waals surface area contributed by atoms with Crippen molar-refractivity contribution in [1.29, 1.82) is 0 Å². The van der Waals surface area contributed by atoms with E-state index in [-0.39, 0.29) is 17.9 Å². The molecule has 3 saturated heterocycles. The minimum Gasteiger partial charge on any atom is -0.481 e. The van der Waals surface area contributed by atoms with E-state index >= 15 is 0 Å². The van der Waals surface area contributed by atoms with Crippen molar-refractivity contribution in [3.05, 3.63) is 0 Å². The molecule has 6 heteroatoms. The molecule has 0 aliphatic carbocycles. The lowest BCUT2D eigenvalue weighted by molar-refractivity contribution is -0.155. The van der Waals surface area contributed by atoms with Gasteiger partial charge in [-0.15, -0.1) is 0 Å². The maximum absolute atomic E-state index is 12.5. The molecule has 0 saturated carbocycles. The first-order valence-electron chi connectivity index (χ1n) is 7.65. The van der Waals surface area contributed by atoms with Crippen LogP contribution in [0.4, 0.5) is 0 Å². The first-order valence-corrected chi connectivity index (χ1v) is 7.65. The Balaban J connectivity index is 1.58. The molecule has 112 valence electrons. The molecule has 1 unspecified atom stereocenters. The van der Waals surface area contributed by atoms with Gasteiger partial charge in [0.2, 0.25) is 5.91 Å². The van der Waals surface area contributed by atoms with Crippen molar-refractivity contribution in [2.45, 2.75) is 37.8 Å². The molecule has 2 N–H and O–H groups in total. The van der Waals surface area contributed by atoms with Crippen LogP contribution in [0.15, 0.2) is 0 Å². The quantitative estimate of drug-likeness (QED) is 0.746. The predicted octanol–water partition coefficient (Wildman–Crippen LogP) is -0.254. The summed E-state index contributed by atoms with van der Waals surface area (Å²) in [6, 6.07) is 0.511.